The molecule has 0 fully saturated rings. The van der Waals surface area contributed by atoms with E-state index in [2.05, 4.69) is 10.3 Å². The molecule has 21 heavy (non-hydrogen) atoms. The number of fused-ring (bicyclic) bond motifs is 1. The smallest absolute Gasteiger partial charge is 0.310 e. The van der Waals surface area contributed by atoms with Gasteiger partial charge in [-0.05, 0) is 11.6 Å². The number of para-hydroxylation sites is 1. The Bertz CT molecular complexity index is 685. The first-order chi connectivity index (χ1) is 10.2. The molecule has 0 aliphatic carbocycles. The van der Waals surface area contributed by atoms with Gasteiger partial charge in [-0.1, -0.05) is 18.2 Å². The molecule has 2 N–H and O–H groups in total. The molecule has 108 valence electrons. The fourth-order valence-electron chi connectivity index (χ4n) is 1.94. The molecule has 0 spiro atoms. The van der Waals surface area contributed by atoms with Gasteiger partial charge in [0.2, 0.25) is 0 Å². The Balaban J connectivity index is 1.82. The molecule has 0 radical (unpaired) electrons. The third-order valence-corrected chi connectivity index (χ3v) is 2.93. The molecule has 6 nitrogen and oxygen atoms in total. The third-order valence-electron chi connectivity index (χ3n) is 2.93. The number of hydrogen-bond donors (Lipinski definition) is 2. The van der Waals surface area contributed by atoms with Crippen LogP contribution in [0.25, 0.3) is 10.9 Å². The predicted octanol–water partition coefficient (Wildman–Crippen LogP) is 1.28. The molecule has 0 bridgehead atoms. The summed E-state index contributed by atoms with van der Waals surface area (Å²) in [7, 11) is 0. The lowest BCUT2D eigenvalue weighted by Gasteiger charge is -2.05. The SMILES string of the molecule is N#CCCNC(=O)COC(=O)Cc1c[nH]c2ccccc12. The maximum absolute atomic E-state index is 11.7. The van der Waals surface area contributed by atoms with Gasteiger partial charge in [0, 0.05) is 23.6 Å². The monoisotopic (exact) mass is 285 g/mol. The summed E-state index contributed by atoms with van der Waals surface area (Å²) in [6.45, 7) is -0.0675. The van der Waals surface area contributed by atoms with Gasteiger partial charge in [-0.25, -0.2) is 0 Å². The van der Waals surface area contributed by atoms with Crippen molar-refractivity contribution < 1.29 is 14.3 Å². The van der Waals surface area contributed by atoms with Gasteiger partial charge >= 0.3 is 5.97 Å². The summed E-state index contributed by atoms with van der Waals surface area (Å²) in [5, 5.41) is 11.8. The van der Waals surface area contributed by atoms with Crippen LogP contribution in [0.3, 0.4) is 0 Å². The van der Waals surface area contributed by atoms with Crippen LogP contribution in [0, 0.1) is 11.3 Å². The average molecular weight is 285 g/mol. The van der Waals surface area contributed by atoms with Crippen LogP contribution < -0.4 is 5.32 Å². The maximum Gasteiger partial charge on any atom is 0.310 e. The van der Waals surface area contributed by atoms with Crippen molar-refractivity contribution in [2.75, 3.05) is 13.2 Å². The van der Waals surface area contributed by atoms with E-state index in [1.807, 2.05) is 30.3 Å². The Morgan fingerprint density at radius 3 is 2.95 bits per heavy atom. The van der Waals surface area contributed by atoms with Crippen molar-refractivity contribution in [1.29, 1.82) is 5.26 Å². The molecule has 0 saturated heterocycles. The molecule has 0 aliphatic heterocycles. The highest BCUT2D eigenvalue weighted by Gasteiger charge is 2.11. The molecule has 0 aliphatic rings. The zero-order valence-corrected chi connectivity index (χ0v) is 11.4. The number of benzene rings is 1. The van der Waals surface area contributed by atoms with Crippen molar-refractivity contribution >= 4 is 22.8 Å². The van der Waals surface area contributed by atoms with E-state index in [4.69, 9.17) is 10.00 Å². The zero-order valence-electron chi connectivity index (χ0n) is 11.4. The molecule has 2 rings (SSSR count). The standard InChI is InChI=1S/C15H15N3O3/c16-6-3-7-17-14(19)10-21-15(20)8-11-9-18-13-5-2-1-4-12(11)13/h1-2,4-5,9,18H,3,7-8,10H2,(H,17,19). The number of nitriles is 1. The van der Waals surface area contributed by atoms with Gasteiger partial charge in [0.05, 0.1) is 18.9 Å². The first-order valence-corrected chi connectivity index (χ1v) is 6.55. The third kappa shape index (κ3) is 4.08. The van der Waals surface area contributed by atoms with E-state index in [1.165, 1.54) is 0 Å². The number of carbonyl (C=O) groups is 2. The van der Waals surface area contributed by atoms with Crippen LogP contribution in [-0.2, 0) is 20.7 Å². The summed E-state index contributed by atoms with van der Waals surface area (Å²) in [6.07, 6.45) is 2.10. The summed E-state index contributed by atoms with van der Waals surface area (Å²) in [5.74, 6) is -0.868. The number of carbonyl (C=O) groups excluding carboxylic acids is 2. The molecule has 0 saturated carbocycles. The molecule has 1 aromatic carbocycles. The Morgan fingerprint density at radius 2 is 2.14 bits per heavy atom. The number of nitrogens with zero attached hydrogens (tertiary/aromatic N) is 1. The lowest BCUT2D eigenvalue weighted by molar-refractivity contribution is -0.147. The van der Waals surface area contributed by atoms with Crippen LogP contribution >= 0.6 is 0 Å². The number of amides is 1. The predicted molar refractivity (Wildman–Crippen MR) is 76.2 cm³/mol. The second kappa shape index (κ2) is 7.10. The summed E-state index contributed by atoms with van der Waals surface area (Å²) in [5.41, 5.74) is 1.79. The van der Waals surface area contributed by atoms with Crippen LogP contribution in [0.1, 0.15) is 12.0 Å². The van der Waals surface area contributed by atoms with Gasteiger partial charge in [0.15, 0.2) is 6.61 Å². The minimum atomic E-state index is -0.463. The summed E-state index contributed by atoms with van der Waals surface area (Å²) >= 11 is 0. The summed E-state index contributed by atoms with van der Waals surface area (Å²) in [6, 6.07) is 9.56. The maximum atomic E-state index is 11.7. The summed E-state index contributed by atoms with van der Waals surface area (Å²) in [4.78, 5) is 26.1. The van der Waals surface area contributed by atoms with Crippen molar-refractivity contribution in [1.82, 2.24) is 10.3 Å². The number of esters is 1. The van der Waals surface area contributed by atoms with Crippen molar-refractivity contribution in [2.24, 2.45) is 0 Å². The molecular formula is C15H15N3O3. The van der Waals surface area contributed by atoms with E-state index in [1.54, 1.807) is 6.20 Å². The second-order valence-corrected chi connectivity index (χ2v) is 4.46. The van der Waals surface area contributed by atoms with Gasteiger partial charge in [-0.3, -0.25) is 9.59 Å². The van der Waals surface area contributed by atoms with E-state index in [0.717, 1.165) is 16.5 Å². The molecular weight excluding hydrogens is 270 g/mol. The number of ether oxygens (including phenoxy) is 1. The highest BCUT2D eigenvalue weighted by Crippen LogP contribution is 2.18. The number of nitrogens with one attached hydrogen (secondary N) is 2. The Morgan fingerprint density at radius 1 is 1.33 bits per heavy atom. The second-order valence-electron chi connectivity index (χ2n) is 4.46. The Hall–Kier alpha value is -2.81. The van der Waals surface area contributed by atoms with Crippen molar-refractivity contribution in [3.8, 4) is 6.07 Å². The lowest BCUT2D eigenvalue weighted by atomic mass is 10.1. The molecule has 0 atom stereocenters. The van der Waals surface area contributed by atoms with Gasteiger partial charge in [0.25, 0.3) is 5.91 Å². The van der Waals surface area contributed by atoms with Crippen molar-refractivity contribution in [3.63, 3.8) is 0 Å². The van der Waals surface area contributed by atoms with E-state index in [9.17, 15) is 9.59 Å². The average Bonchev–Trinajstić information content (AvgIpc) is 2.89. The highest BCUT2D eigenvalue weighted by molar-refractivity contribution is 5.88. The van der Waals surface area contributed by atoms with E-state index < -0.39 is 11.9 Å². The van der Waals surface area contributed by atoms with E-state index >= 15 is 0 Å². The fraction of sp³-hybridized carbons (Fsp3) is 0.267. The highest BCUT2D eigenvalue weighted by atomic mass is 16.5. The minimum absolute atomic E-state index is 0.107. The minimum Gasteiger partial charge on any atom is -0.455 e. The van der Waals surface area contributed by atoms with Gasteiger partial charge in [-0.2, -0.15) is 5.26 Å². The topological polar surface area (TPSA) is 95.0 Å². The van der Waals surface area contributed by atoms with Crippen LogP contribution in [0.2, 0.25) is 0 Å². The normalized spacial score (nSPS) is 10.0. The largest absolute Gasteiger partial charge is 0.455 e. The Kier molecular flexibility index (Phi) is 4.94. The number of aromatic amines is 1. The molecule has 0 unspecified atom stereocenters. The molecule has 1 heterocycles. The molecule has 2 aromatic rings. The fourth-order valence-corrected chi connectivity index (χ4v) is 1.94. The van der Waals surface area contributed by atoms with E-state index in [-0.39, 0.29) is 26.0 Å². The van der Waals surface area contributed by atoms with E-state index in [0.29, 0.717) is 0 Å². The summed E-state index contributed by atoms with van der Waals surface area (Å²) < 4.78 is 4.91. The Labute approximate surface area is 121 Å². The molecule has 1 aromatic heterocycles. The van der Waals surface area contributed by atoms with Crippen LogP contribution in [0.5, 0.6) is 0 Å². The molecule has 6 heteroatoms. The number of rotatable bonds is 6. The molecule has 1 amide bonds. The van der Waals surface area contributed by atoms with Gasteiger partial charge in [0.1, 0.15) is 0 Å². The van der Waals surface area contributed by atoms with Crippen molar-refractivity contribution in [3.05, 3.63) is 36.0 Å². The van der Waals surface area contributed by atoms with Crippen molar-refractivity contribution in [2.45, 2.75) is 12.8 Å². The van der Waals surface area contributed by atoms with Crippen LogP contribution in [0.15, 0.2) is 30.5 Å². The van der Waals surface area contributed by atoms with Crippen LogP contribution in [-0.4, -0.2) is 30.0 Å². The number of aromatic nitrogens is 1. The lowest BCUT2D eigenvalue weighted by Crippen LogP contribution is -2.29. The van der Waals surface area contributed by atoms with Gasteiger partial charge < -0.3 is 15.0 Å². The number of H-pyrrole nitrogens is 1. The number of hydrogen-bond acceptors (Lipinski definition) is 4. The first-order valence-electron chi connectivity index (χ1n) is 6.55. The zero-order chi connectivity index (χ0) is 15.1. The van der Waals surface area contributed by atoms with Crippen LogP contribution in [0.4, 0.5) is 0 Å². The first kappa shape index (κ1) is 14.6. The quantitative estimate of drug-likeness (QED) is 0.617. The van der Waals surface area contributed by atoms with Gasteiger partial charge in [-0.15, -0.1) is 0 Å².